The Morgan fingerprint density at radius 3 is 2.70 bits per heavy atom. The summed E-state index contributed by atoms with van der Waals surface area (Å²) in [4.78, 5) is 25.2. The molecule has 0 aliphatic carbocycles. The zero-order valence-electron chi connectivity index (χ0n) is 16.4. The Morgan fingerprint density at radius 1 is 1.10 bits per heavy atom. The van der Waals surface area contributed by atoms with Gasteiger partial charge in [0.1, 0.15) is 35.7 Å². The Hall–Kier alpha value is -3.88. The number of nitrogens with zero attached hydrogens (tertiary/aromatic N) is 3. The van der Waals surface area contributed by atoms with E-state index in [1.54, 1.807) is 49.0 Å². The smallest absolute Gasteiger partial charge is 0.291 e. The molecule has 9 heteroatoms. The van der Waals surface area contributed by atoms with Crippen molar-refractivity contribution >= 4 is 22.3 Å². The summed E-state index contributed by atoms with van der Waals surface area (Å²) in [6.07, 6.45) is 1.44. The molecule has 0 spiro atoms. The molecular formula is C21H19FN4O4. The molecule has 0 aliphatic rings. The highest BCUT2D eigenvalue weighted by Gasteiger charge is 2.13. The zero-order valence-corrected chi connectivity index (χ0v) is 16.4. The molecule has 1 amide bonds. The van der Waals surface area contributed by atoms with Gasteiger partial charge in [0.2, 0.25) is 5.91 Å². The Labute approximate surface area is 170 Å². The lowest BCUT2D eigenvalue weighted by Crippen LogP contribution is -2.34. The van der Waals surface area contributed by atoms with E-state index in [9.17, 15) is 14.0 Å². The van der Waals surface area contributed by atoms with Crippen LogP contribution in [0.1, 0.15) is 5.56 Å². The van der Waals surface area contributed by atoms with Crippen LogP contribution in [-0.4, -0.2) is 34.3 Å². The fourth-order valence-corrected chi connectivity index (χ4v) is 3.31. The van der Waals surface area contributed by atoms with Crippen molar-refractivity contribution in [2.45, 2.75) is 13.1 Å². The highest BCUT2D eigenvalue weighted by molar-refractivity contribution is 5.86. The highest BCUT2D eigenvalue weighted by Crippen LogP contribution is 2.23. The first-order valence-corrected chi connectivity index (χ1v) is 9.14. The summed E-state index contributed by atoms with van der Waals surface area (Å²) >= 11 is 0. The lowest BCUT2D eigenvalue weighted by Gasteiger charge is -2.12. The number of benzene rings is 2. The van der Waals surface area contributed by atoms with Gasteiger partial charge in [0.15, 0.2) is 0 Å². The molecule has 0 radical (unpaired) electrons. The third-order valence-electron chi connectivity index (χ3n) is 4.82. The number of amides is 1. The van der Waals surface area contributed by atoms with Crippen molar-refractivity contribution in [1.82, 2.24) is 19.5 Å². The third kappa shape index (κ3) is 3.57. The van der Waals surface area contributed by atoms with Crippen LogP contribution in [0.5, 0.6) is 11.5 Å². The molecule has 0 saturated carbocycles. The van der Waals surface area contributed by atoms with Crippen LogP contribution < -0.4 is 20.3 Å². The maximum atomic E-state index is 13.5. The zero-order chi connectivity index (χ0) is 21.3. The molecule has 0 unspecified atom stereocenters. The largest absolute Gasteiger partial charge is 0.497 e. The van der Waals surface area contributed by atoms with Gasteiger partial charge in [-0.2, -0.15) is 5.10 Å². The number of carbonyl (C=O) groups excluding carboxylic acids is 1. The van der Waals surface area contributed by atoms with Gasteiger partial charge in [-0.3, -0.25) is 14.0 Å². The molecule has 1 N–H and O–H groups in total. The van der Waals surface area contributed by atoms with E-state index in [4.69, 9.17) is 9.47 Å². The summed E-state index contributed by atoms with van der Waals surface area (Å²) in [5, 5.41) is 7.41. The van der Waals surface area contributed by atoms with Crippen LogP contribution in [0.15, 0.2) is 53.6 Å². The van der Waals surface area contributed by atoms with Crippen LogP contribution in [0.25, 0.3) is 16.4 Å². The molecule has 0 saturated heterocycles. The van der Waals surface area contributed by atoms with E-state index in [1.165, 1.54) is 18.5 Å². The summed E-state index contributed by atoms with van der Waals surface area (Å²) < 4.78 is 26.6. The predicted octanol–water partition coefficient (Wildman–Crippen LogP) is 2.12. The summed E-state index contributed by atoms with van der Waals surface area (Å²) in [5.41, 5.74) is 1.27. The number of halogens is 1. The van der Waals surface area contributed by atoms with Gasteiger partial charge in [0.05, 0.1) is 19.7 Å². The van der Waals surface area contributed by atoms with Gasteiger partial charge in [-0.15, -0.1) is 0 Å². The van der Waals surface area contributed by atoms with E-state index in [0.717, 1.165) is 10.2 Å². The van der Waals surface area contributed by atoms with Gasteiger partial charge in [0, 0.05) is 17.5 Å². The number of nitrogens with one attached hydrogen (secondary N) is 1. The number of aromatic nitrogens is 3. The minimum absolute atomic E-state index is 0.199. The van der Waals surface area contributed by atoms with Crippen molar-refractivity contribution in [2.24, 2.45) is 0 Å². The lowest BCUT2D eigenvalue weighted by molar-refractivity contribution is -0.122. The molecule has 2 aromatic carbocycles. The van der Waals surface area contributed by atoms with E-state index < -0.39 is 5.56 Å². The molecule has 4 aromatic rings. The number of methoxy groups -OCH3 is 2. The Balaban J connectivity index is 1.54. The number of rotatable bonds is 6. The molecule has 2 heterocycles. The first-order chi connectivity index (χ1) is 14.5. The van der Waals surface area contributed by atoms with E-state index in [0.29, 0.717) is 27.9 Å². The molecule has 0 fully saturated rings. The first kappa shape index (κ1) is 19.4. The maximum Gasteiger partial charge on any atom is 0.291 e. The van der Waals surface area contributed by atoms with Crippen LogP contribution in [0.4, 0.5) is 4.39 Å². The molecule has 154 valence electrons. The molecule has 0 atom stereocenters. The van der Waals surface area contributed by atoms with Crippen molar-refractivity contribution in [3.8, 4) is 11.5 Å². The van der Waals surface area contributed by atoms with E-state index in [2.05, 4.69) is 10.4 Å². The van der Waals surface area contributed by atoms with Gasteiger partial charge in [-0.1, -0.05) is 0 Å². The van der Waals surface area contributed by atoms with Gasteiger partial charge in [-0.25, -0.2) is 9.07 Å². The minimum Gasteiger partial charge on any atom is -0.497 e. The van der Waals surface area contributed by atoms with E-state index >= 15 is 0 Å². The Morgan fingerprint density at radius 2 is 1.93 bits per heavy atom. The van der Waals surface area contributed by atoms with Crippen LogP contribution >= 0.6 is 0 Å². The minimum atomic E-state index is -0.441. The first-order valence-electron chi connectivity index (χ1n) is 9.14. The van der Waals surface area contributed by atoms with Crippen molar-refractivity contribution in [3.05, 3.63) is 70.5 Å². The maximum absolute atomic E-state index is 13.5. The molecule has 0 aliphatic heterocycles. The van der Waals surface area contributed by atoms with E-state index in [1.807, 2.05) is 0 Å². The van der Waals surface area contributed by atoms with Crippen molar-refractivity contribution in [1.29, 1.82) is 0 Å². The molecule has 8 nitrogen and oxygen atoms in total. The van der Waals surface area contributed by atoms with Gasteiger partial charge >= 0.3 is 0 Å². The van der Waals surface area contributed by atoms with Crippen molar-refractivity contribution in [2.75, 3.05) is 14.2 Å². The molecule has 4 rings (SSSR count). The SMILES string of the molecule is COc1ccc(OC)c(CNC(=O)Cn2ncn3c(cc4cc(F)ccc43)c2=O)c1. The van der Waals surface area contributed by atoms with Crippen LogP contribution in [0.3, 0.4) is 0 Å². The average molecular weight is 410 g/mol. The molecule has 30 heavy (non-hydrogen) atoms. The van der Waals surface area contributed by atoms with Gasteiger partial charge in [0.25, 0.3) is 5.56 Å². The normalized spacial score (nSPS) is 11.0. The second-order valence-corrected chi connectivity index (χ2v) is 6.65. The summed E-state index contributed by atoms with van der Waals surface area (Å²) in [6.45, 7) is -0.0536. The predicted molar refractivity (Wildman–Crippen MR) is 108 cm³/mol. The second-order valence-electron chi connectivity index (χ2n) is 6.65. The standard InChI is InChI=1S/C21H19FN4O4/c1-29-16-4-6-19(30-2)14(8-16)10-23-20(27)11-26-21(28)18-9-13-7-15(22)3-5-17(13)25(18)12-24-26/h3-9,12H,10-11H2,1-2H3,(H,23,27). The summed E-state index contributed by atoms with van der Waals surface area (Å²) in [5.74, 6) is 0.472. The second kappa shape index (κ2) is 7.86. The van der Waals surface area contributed by atoms with Crippen LogP contribution in [0, 0.1) is 5.82 Å². The number of ether oxygens (including phenoxy) is 2. The van der Waals surface area contributed by atoms with Crippen LogP contribution in [0.2, 0.25) is 0 Å². The highest BCUT2D eigenvalue weighted by atomic mass is 19.1. The summed E-state index contributed by atoms with van der Waals surface area (Å²) in [6, 6.07) is 11.1. The number of fused-ring (bicyclic) bond motifs is 3. The fraction of sp³-hybridized carbons (Fsp3) is 0.190. The number of hydrogen-bond donors (Lipinski definition) is 1. The molecular weight excluding hydrogens is 391 g/mol. The molecule has 2 aromatic heterocycles. The van der Waals surface area contributed by atoms with Crippen LogP contribution in [-0.2, 0) is 17.9 Å². The summed E-state index contributed by atoms with van der Waals surface area (Å²) in [7, 11) is 3.09. The van der Waals surface area contributed by atoms with Gasteiger partial charge in [-0.05, 0) is 42.5 Å². The van der Waals surface area contributed by atoms with Gasteiger partial charge < -0.3 is 14.8 Å². The number of carbonyl (C=O) groups is 1. The number of hydrogen-bond acceptors (Lipinski definition) is 5. The Bertz CT molecular complexity index is 1310. The van der Waals surface area contributed by atoms with Crippen molar-refractivity contribution < 1.29 is 18.7 Å². The third-order valence-corrected chi connectivity index (χ3v) is 4.82. The van der Waals surface area contributed by atoms with Crippen molar-refractivity contribution in [3.63, 3.8) is 0 Å². The Kier molecular flexibility index (Phi) is 5.09. The molecule has 0 bridgehead atoms. The fourth-order valence-electron chi connectivity index (χ4n) is 3.31. The average Bonchev–Trinajstić information content (AvgIpc) is 3.12. The monoisotopic (exact) mass is 410 g/mol. The van der Waals surface area contributed by atoms with E-state index in [-0.39, 0.29) is 24.8 Å². The lowest BCUT2D eigenvalue weighted by atomic mass is 10.2. The quantitative estimate of drug-likeness (QED) is 0.526. The topological polar surface area (TPSA) is 86.9 Å².